The second kappa shape index (κ2) is 10.8. The molecule has 4 aromatic rings. The number of pyridine rings is 1. The first-order valence-corrected chi connectivity index (χ1v) is 15.5. The smallest absolute Gasteiger partial charge is 0.149 e. The van der Waals surface area contributed by atoms with Gasteiger partial charge in [0.05, 0.1) is 41.4 Å². The maximum absolute atomic E-state index is 11.6. The van der Waals surface area contributed by atoms with Gasteiger partial charge in [0.2, 0.25) is 0 Å². The normalized spacial score (nSPS) is 12.2. The van der Waals surface area contributed by atoms with Crippen molar-refractivity contribution >= 4 is 58.5 Å². The molecule has 0 saturated carbocycles. The molecule has 0 amide bonds. The van der Waals surface area contributed by atoms with Gasteiger partial charge in [-0.05, 0) is 35.9 Å². The van der Waals surface area contributed by atoms with E-state index in [-0.39, 0.29) is 31.3 Å². The minimum atomic E-state index is -3.12. The molecule has 190 valence electrons. The van der Waals surface area contributed by atoms with E-state index in [0.717, 1.165) is 44.4 Å². The highest BCUT2D eigenvalue weighted by atomic mass is 32.2. The van der Waals surface area contributed by atoms with E-state index in [1.54, 1.807) is 0 Å². The molecule has 0 aliphatic heterocycles. The monoisotopic (exact) mass is 527 g/mol. The Morgan fingerprint density at radius 1 is 0.778 bits per heavy atom. The third kappa shape index (κ3) is 7.16. The van der Waals surface area contributed by atoms with Gasteiger partial charge in [0.15, 0.2) is 0 Å². The molecule has 36 heavy (non-hydrogen) atoms. The first-order chi connectivity index (χ1) is 17.1. The molecule has 4 rings (SSSR count). The van der Waals surface area contributed by atoms with Crippen LogP contribution in [0.2, 0.25) is 0 Å². The largest absolute Gasteiger partial charge is 0.384 e. The summed E-state index contributed by atoms with van der Waals surface area (Å²) in [6, 6.07) is 21.5. The van der Waals surface area contributed by atoms with Crippen molar-refractivity contribution in [1.82, 2.24) is 4.98 Å². The lowest BCUT2D eigenvalue weighted by Gasteiger charge is -2.16. The summed E-state index contributed by atoms with van der Waals surface area (Å²) in [7, 11) is -6.23. The van der Waals surface area contributed by atoms with Crippen LogP contribution in [-0.2, 0) is 31.0 Å². The highest BCUT2D eigenvalue weighted by Crippen LogP contribution is 2.34. The predicted molar refractivity (Wildman–Crippen MR) is 147 cm³/mol. The van der Waals surface area contributed by atoms with Gasteiger partial charge >= 0.3 is 0 Å². The Kier molecular flexibility index (Phi) is 7.77. The molecule has 0 radical (unpaired) electrons. The minimum Gasteiger partial charge on any atom is -0.384 e. The van der Waals surface area contributed by atoms with Gasteiger partial charge in [0.25, 0.3) is 0 Å². The molecule has 0 fully saturated rings. The zero-order valence-corrected chi connectivity index (χ0v) is 21.8. The number of aromatic nitrogens is 1. The highest BCUT2D eigenvalue weighted by molar-refractivity contribution is 7.90. The molecule has 8 nitrogen and oxygen atoms in total. The third-order valence-electron chi connectivity index (χ3n) is 5.52. The Morgan fingerprint density at radius 3 is 1.97 bits per heavy atom. The molecule has 0 bridgehead atoms. The van der Waals surface area contributed by atoms with Crippen LogP contribution in [0.3, 0.4) is 0 Å². The van der Waals surface area contributed by atoms with Crippen molar-refractivity contribution in [2.24, 2.45) is 0 Å². The van der Waals surface area contributed by atoms with E-state index in [1.807, 2.05) is 66.7 Å². The molecule has 0 aliphatic carbocycles. The van der Waals surface area contributed by atoms with Crippen LogP contribution in [0.25, 0.3) is 21.8 Å². The predicted octanol–water partition coefficient (Wildman–Crippen LogP) is 4.15. The van der Waals surface area contributed by atoms with Crippen LogP contribution >= 0.6 is 0 Å². The van der Waals surface area contributed by atoms with Gasteiger partial charge in [-0.2, -0.15) is 0 Å². The molecule has 1 aromatic heterocycles. The average molecular weight is 528 g/mol. The van der Waals surface area contributed by atoms with Crippen molar-refractivity contribution in [3.8, 4) is 0 Å². The molecule has 1 heterocycles. The topological polar surface area (TPSA) is 114 Å². The van der Waals surface area contributed by atoms with Gasteiger partial charge in [-0.25, -0.2) is 21.8 Å². The zero-order valence-electron chi connectivity index (χ0n) is 20.2. The minimum absolute atomic E-state index is 0.00444. The zero-order chi connectivity index (χ0) is 25.8. The van der Waals surface area contributed by atoms with Gasteiger partial charge in [-0.1, -0.05) is 36.4 Å². The number of nitrogens with zero attached hydrogens (tertiary/aromatic N) is 1. The number of rotatable bonds is 11. The molecule has 0 atom stereocenters. The fourth-order valence-corrected chi connectivity index (χ4v) is 4.74. The maximum Gasteiger partial charge on any atom is 0.149 e. The van der Waals surface area contributed by atoms with Crippen LogP contribution in [0, 0.1) is 0 Å². The van der Waals surface area contributed by atoms with Crippen molar-refractivity contribution in [3.05, 3.63) is 72.3 Å². The lowest BCUT2D eigenvalue weighted by Crippen LogP contribution is -2.14. The number of para-hydroxylation sites is 2. The molecule has 2 N–H and O–H groups in total. The molecule has 0 spiro atoms. The van der Waals surface area contributed by atoms with Crippen molar-refractivity contribution in [1.29, 1.82) is 0 Å². The number of benzene rings is 3. The Morgan fingerprint density at radius 2 is 1.36 bits per heavy atom. The summed E-state index contributed by atoms with van der Waals surface area (Å²) in [6.07, 6.45) is 2.38. The Labute approximate surface area is 211 Å². The first kappa shape index (κ1) is 25.9. The summed E-state index contributed by atoms with van der Waals surface area (Å²) in [6.45, 7) is 0.564. The number of hydrogen-bond acceptors (Lipinski definition) is 8. The maximum atomic E-state index is 11.6. The third-order valence-corrected chi connectivity index (χ3v) is 7.37. The molecule has 10 heteroatoms. The number of ether oxygens (including phenoxy) is 1. The van der Waals surface area contributed by atoms with E-state index in [2.05, 4.69) is 10.6 Å². The second-order valence-corrected chi connectivity index (χ2v) is 13.3. The molecule has 0 unspecified atom stereocenters. The van der Waals surface area contributed by atoms with E-state index >= 15 is 0 Å². The molecule has 0 aliphatic rings. The van der Waals surface area contributed by atoms with Gasteiger partial charge in [-0.15, -0.1) is 0 Å². The van der Waals surface area contributed by atoms with Crippen LogP contribution < -0.4 is 10.6 Å². The Balaban J connectivity index is 1.67. The van der Waals surface area contributed by atoms with E-state index < -0.39 is 19.7 Å². The SMILES string of the molecule is CS(=O)(=O)CCNc1cc(COCCS(C)(=O)=O)cc(Nc2c3ccccc3nc3ccccc23)c1. The summed E-state index contributed by atoms with van der Waals surface area (Å²) in [5.41, 5.74) is 4.97. The molecular formula is C26H29N3O5S2. The molecule has 3 aromatic carbocycles. The standard InChI is InChI=1S/C26H29N3O5S2/c1-35(30,31)13-11-27-20-15-19(18-34-12-14-36(2,32)33)16-21(17-20)28-26-22-7-3-5-9-24(22)29-25-10-6-4-8-23(25)26/h3-10,15-17,27H,11-14,18H2,1-2H3,(H,28,29). The lowest BCUT2D eigenvalue weighted by atomic mass is 10.1. The van der Waals surface area contributed by atoms with E-state index in [4.69, 9.17) is 9.72 Å². The van der Waals surface area contributed by atoms with E-state index in [0.29, 0.717) is 0 Å². The Bertz CT molecular complexity index is 1550. The Hall–Kier alpha value is -3.21. The van der Waals surface area contributed by atoms with Gasteiger partial charge < -0.3 is 15.4 Å². The van der Waals surface area contributed by atoms with Crippen molar-refractivity contribution in [3.63, 3.8) is 0 Å². The van der Waals surface area contributed by atoms with Crippen LogP contribution in [0.5, 0.6) is 0 Å². The average Bonchev–Trinajstić information content (AvgIpc) is 2.80. The number of fused-ring (bicyclic) bond motifs is 2. The van der Waals surface area contributed by atoms with Crippen LogP contribution in [0.4, 0.5) is 17.1 Å². The fourth-order valence-electron chi connectivity index (χ4n) is 3.85. The quantitative estimate of drug-likeness (QED) is 0.221. The fraction of sp³-hybridized carbons (Fsp3) is 0.269. The summed E-state index contributed by atoms with van der Waals surface area (Å²) >= 11 is 0. The van der Waals surface area contributed by atoms with E-state index in [1.165, 1.54) is 12.5 Å². The number of anilines is 3. The van der Waals surface area contributed by atoms with Gasteiger partial charge in [0, 0.05) is 41.2 Å². The second-order valence-electron chi connectivity index (χ2n) is 8.80. The van der Waals surface area contributed by atoms with Crippen LogP contribution in [0.1, 0.15) is 5.56 Å². The summed E-state index contributed by atoms with van der Waals surface area (Å²) in [5, 5.41) is 8.66. The molecule has 0 saturated heterocycles. The first-order valence-electron chi connectivity index (χ1n) is 11.4. The van der Waals surface area contributed by atoms with Crippen molar-refractivity contribution in [2.75, 3.05) is 47.8 Å². The lowest BCUT2D eigenvalue weighted by molar-refractivity contribution is 0.135. The summed E-state index contributed by atoms with van der Waals surface area (Å²) in [4.78, 5) is 4.77. The van der Waals surface area contributed by atoms with Crippen molar-refractivity contribution < 1.29 is 21.6 Å². The summed E-state index contributed by atoms with van der Waals surface area (Å²) in [5.74, 6) is -0.0517. The molecular weight excluding hydrogens is 498 g/mol. The van der Waals surface area contributed by atoms with Gasteiger partial charge in [-0.3, -0.25) is 0 Å². The number of sulfone groups is 2. The van der Waals surface area contributed by atoms with Gasteiger partial charge in [0.1, 0.15) is 19.7 Å². The number of hydrogen-bond donors (Lipinski definition) is 2. The van der Waals surface area contributed by atoms with Crippen LogP contribution in [-0.4, -0.2) is 59.0 Å². The van der Waals surface area contributed by atoms with Crippen LogP contribution in [0.15, 0.2) is 66.7 Å². The highest BCUT2D eigenvalue weighted by Gasteiger charge is 2.11. The van der Waals surface area contributed by atoms with E-state index in [9.17, 15) is 16.8 Å². The summed E-state index contributed by atoms with van der Waals surface area (Å²) < 4.78 is 51.6. The van der Waals surface area contributed by atoms with Crippen molar-refractivity contribution in [2.45, 2.75) is 6.61 Å². The number of nitrogens with one attached hydrogen (secondary N) is 2.